The van der Waals surface area contributed by atoms with Crippen molar-refractivity contribution in [3.8, 4) is 6.07 Å². The molecule has 0 radical (unpaired) electrons. The SMILES string of the molecule is N#CCc1cc(C(F)(F)F)c(F)cc1Br. The second-order valence-electron chi connectivity index (χ2n) is 2.76. The van der Waals surface area contributed by atoms with Gasteiger partial charge in [0.25, 0.3) is 0 Å². The zero-order valence-electron chi connectivity index (χ0n) is 7.20. The maximum atomic E-state index is 12.9. The maximum absolute atomic E-state index is 12.9. The predicted octanol–water partition coefficient (Wildman–Crippen LogP) is 3.67. The molecule has 1 aromatic carbocycles. The molecule has 0 unspecified atom stereocenters. The molecule has 0 amide bonds. The molecule has 0 aromatic heterocycles. The number of benzene rings is 1. The Bertz CT molecular complexity index is 419. The highest BCUT2D eigenvalue weighted by molar-refractivity contribution is 9.10. The van der Waals surface area contributed by atoms with Crippen LogP contribution in [0.15, 0.2) is 16.6 Å². The van der Waals surface area contributed by atoms with E-state index in [1.807, 2.05) is 0 Å². The normalized spacial score (nSPS) is 11.2. The quantitative estimate of drug-likeness (QED) is 0.721. The van der Waals surface area contributed by atoms with Crippen molar-refractivity contribution in [2.24, 2.45) is 0 Å². The van der Waals surface area contributed by atoms with Crippen LogP contribution >= 0.6 is 15.9 Å². The number of alkyl halides is 3. The molecular weight excluding hydrogens is 278 g/mol. The van der Waals surface area contributed by atoms with Gasteiger partial charge < -0.3 is 0 Å². The van der Waals surface area contributed by atoms with E-state index in [2.05, 4.69) is 15.9 Å². The molecule has 80 valence electrons. The van der Waals surface area contributed by atoms with Crippen molar-refractivity contribution in [2.45, 2.75) is 12.6 Å². The van der Waals surface area contributed by atoms with E-state index in [0.717, 1.165) is 6.07 Å². The van der Waals surface area contributed by atoms with Crippen LogP contribution in [0.2, 0.25) is 0 Å². The van der Waals surface area contributed by atoms with Gasteiger partial charge in [0.1, 0.15) is 5.82 Å². The molecule has 0 atom stereocenters. The van der Waals surface area contributed by atoms with Crippen molar-refractivity contribution in [1.29, 1.82) is 5.26 Å². The average Bonchev–Trinajstić information content (AvgIpc) is 2.07. The van der Waals surface area contributed by atoms with Crippen molar-refractivity contribution in [3.63, 3.8) is 0 Å². The summed E-state index contributed by atoms with van der Waals surface area (Å²) in [4.78, 5) is 0. The zero-order valence-corrected chi connectivity index (χ0v) is 8.78. The van der Waals surface area contributed by atoms with Gasteiger partial charge in [-0.3, -0.25) is 0 Å². The third kappa shape index (κ3) is 2.69. The molecule has 6 heteroatoms. The lowest BCUT2D eigenvalue weighted by atomic mass is 10.1. The minimum Gasteiger partial charge on any atom is -0.206 e. The van der Waals surface area contributed by atoms with Gasteiger partial charge in [-0.2, -0.15) is 18.4 Å². The fourth-order valence-electron chi connectivity index (χ4n) is 1.03. The monoisotopic (exact) mass is 281 g/mol. The van der Waals surface area contributed by atoms with Crippen LogP contribution in [-0.4, -0.2) is 0 Å². The highest BCUT2D eigenvalue weighted by Gasteiger charge is 2.34. The van der Waals surface area contributed by atoms with Crippen LogP contribution in [0.4, 0.5) is 17.6 Å². The molecule has 1 nitrogen and oxygen atoms in total. The van der Waals surface area contributed by atoms with Crippen LogP contribution in [0.25, 0.3) is 0 Å². The van der Waals surface area contributed by atoms with Crippen LogP contribution in [-0.2, 0) is 12.6 Å². The second-order valence-corrected chi connectivity index (χ2v) is 3.61. The third-order valence-corrected chi connectivity index (χ3v) is 2.45. The van der Waals surface area contributed by atoms with Crippen molar-refractivity contribution in [1.82, 2.24) is 0 Å². The smallest absolute Gasteiger partial charge is 0.206 e. The molecule has 0 spiro atoms. The summed E-state index contributed by atoms with van der Waals surface area (Å²) < 4.78 is 49.9. The van der Waals surface area contributed by atoms with E-state index in [9.17, 15) is 17.6 Å². The molecule has 0 bridgehead atoms. The summed E-state index contributed by atoms with van der Waals surface area (Å²) in [6, 6.07) is 3.06. The Hall–Kier alpha value is -1.09. The maximum Gasteiger partial charge on any atom is 0.419 e. The number of hydrogen-bond acceptors (Lipinski definition) is 1. The molecule has 0 aliphatic rings. The molecule has 0 aliphatic carbocycles. The molecule has 1 aromatic rings. The van der Waals surface area contributed by atoms with Gasteiger partial charge in [0.2, 0.25) is 0 Å². The van der Waals surface area contributed by atoms with Gasteiger partial charge in [-0.05, 0) is 17.7 Å². The lowest BCUT2D eigenvalue weighted by molar-refractivity contribution is -0.140. The number of halogens is 5. The van der Waals surface area contributed by atoms with Crippen molar-refractivity contribution in [3.05, 3.63) is 33.5 Å². The van der Waals surface area contributed by atoms with Gasteiger partial charge in [0, 0.05) is 4.47 Å². The van der Waals surface area contributed by atoms with Crippen LogP contribution in [0.5, 0.6) is 0 Å². The molecule has 0 N–H and O–H groups in total. The topological polar surface area (TPSA) is 23.8 Å². The minimum absolute atomic E-state index is 0.117. The summed E-state index contributed by atoms with van der Waals surface area (Å²) in [5.74, 6) is -1.35. The van der Waals surface area contributed by atoms with Gasteiger partial charge in [-0.1, -0.05) is 15.9 Å². The van der Waals surface area contributed by atoms with E-state index in [4.69, 9.17) is 5.26 Å². The van der Waals surface area contributed by atoms with Gasteiger partial charge in [0.05, 0.1) is 18.1 Å². The summed E-state index contributed by atoms with van der Waals surface area (Å²) in [6.07, 6.45) is -4.95. The van der Waals surface area contributed by atoms with Crippen LogP contribution in [0.3, 0.4) is 0 Å². The molecular formula is C9H4BrF4N. The first-order valence-corrected chi connectivity index (χ1v) is 4.57. The van der Waals surface area contributed by atoms with E-state index < -0.39 is 17.6 Å². The summed E-state index contributed by atoms with van der Waals surface area (Å²) >= 11 is 2.89. The predicted molar refractivity (Wildman–Crippen MR) is 48.4 cm³/mol. The van der Waals surface area contributed by atoms with Gasteiger partial charge in [-0.25, -0.2) is 4.39 Å². The fourth-order valence-corrected chi connectivity index (χ4v) is 1.49. The van der Waals surface area contributed by atoms with E-state index >= 15 is 0 Å². The summed E-state index contributed by atoms with van der Waals surface area (Å²) in [5.41, 5.74) is -1.23. The molecule has 0 aliphatic heterocycles. The van der Waals surface area contributed by atoms with Crippen molar-refractivity contribution >= 4 is 15.9 Å². The van der Waals surface area contributed by atoms with E-state index in [-0.39, 0.29) is 16.5 Å². The Labute approximate surface area is 91.4 Å². The van der Waals surface area contributed by atoms with Gasteiger partial charge >= 0.3 is 6.18 Å². The second kappa shape index (κ2) is 4.19. The number of nitriles is 1. The summed E-state index contributed by atoms with van der Waals surface area (Å²) in [7, 11) is 0. The van der Waals surface area contributed by atoms with E-state index in [1.54, 1.807) is 6.07 Å². The largest absolute Gasteiger partial charge is 0.419 e. The van der Waals surface area contributed by atoms with Crippen molar-refractivity contribution < 1.29 is 17.6 Å². The van der Waals surface area contributed by atoms with E-state index in [1.165, 1.54) is 0 Å². The highest BCUT2D eigenvalue weighted by atomic mass is 79.9. The zero-order chi connectivity index (χ0) is 11.6. The standard InChI is InChI=1S/C9H4BrF4N/c10-7-4-8(11)6(9(12,13)14)3-5(7)1-2-15/h3-4H,1H2. The Kier molecular flexibility index (Phi) is 3.35. The molecule has 15 heavy (non-hydrogen) atoms. The minimum atomic E-state index is -4.74. The summed E-state index contributed by atoms with van der Waals surface area (Å²) in [5, 5.41) is 8.36. The number of nitrogens with zero attached hydrogens (tertiary/aromatic N) is 1. The third-order valence-electron chi connectivity index (χ3n) is 1.71. The Morgan fingerprint density at radius 3 is 2.40 bits per heavy atom. The Morgan fingerprint density at radius 2 is 1.93 bits per heavy atom. The van der Waals surface area contributed by atoms with Gasteiger partial charge in [-0.15, -0.1) is 0 Å². The van der Waals surface area contributed by atoms with Crippen LogP contribution < -0.4 is 0 Å². The Balaban J connectivity index is 3.31. The first-order valence-electron chi connectivity index (χ1n) is 3.78. The number of rotatable bonds is 1. The molecule has 0 fully saturated rings. The van der Waals surface area contributed by atoms with Crippen LogP contribution in [0.1, 0.15) is 11.1 Å². The Morgan fingerprint density at radius 1 is 1.33 bits per heavy atom. The molecule has 0 heterocycles. The first kappa shape index (κ1) is 12.0. The highest BCUT2D eigenvalue weighted by Crippen LogP contribution is 2.34. The van der Waals surface area contributed by atoms with Gasteiger partial charge in [0.15, 0.2) is 0 Å². The fraction of sp³-hybridized carbons (Fsp3) is 0.222. The summed E-state index contributed by atoms with van der Waals surface area (Å²) in [6.45, 7) is 0. The lowest BCUT2D eigenvalue weighted by Crippen LogP contribution is -2.09. The molecule has 0 saturated carbocycles. The van der Waals surface area contributed by atoms with Crippen LogP contribution in [0, 0.1) is 17.1 Å². The lowest BCUT2D eigenvalue weighted by Gasteiger charge is -2.10. The van der Waals surface area contributed by atoms with Crippen molar-refractivity contribution in [2.75, 3.05) is 0 Å². The molecule has 0 saturated heterocycles. The molecule has 1 rings (SSSR count). The average molecular weight is 282 g/mol. The van der Waals surface area contributed by atoms with E-state index in [0.29, 0.717) is 6.07 Å². The first-order chi connectivity index (χ1) is 6.86. The number of hydrogen-bond donors (Lipinski definition) is 0.